The van der Waals surface area contributed by atoms with Crippen LogP contribution in [0.2, 0.25) is 0 Å². The Morgan fingerprint density at radius 1 is 0.939 bits per heavy atom. The highest BCUT2D eigenvalue weighted by Gasteiger charge is 2.47. The van der Waals surface area contributed by atoms with Crippen LogP contribution in [0, 0.1) is 0 Å². The van der Waals surface area contributed by atoms with E-state index in [9.17, 15) is 19.8 Å². The lowest BCUT2D eigenvalue weighted by Gasteiger charge is -2.32. The van der Waals surface area contributed by atoms with Crippen LogP contribution in [0.4, 0.5) is 5.82 Å². The number of imidazole rings is 1. The van der Waals surface area contributed by atoms with Gasteiger partial charge in [0.05, 0.1) is 6.33 Å². The van der Waals surface area contributed by atoms with Gasteiger partial charge < -0.3 is 40.7 Å². The number of carbonyl (C=O) groups is 2. The molecular weight excluding hydrogens is 626 g/mol. The van der Waals surface area contributed by atoms with E-state index in [1.165, 1.54) is 10.9 Å². The molecule has 0 aliphatic carbocycles. The average Bonchev–Trinajstić information content (AvgIpc) is 3.68. The molecule has 2 aliphatic rings. The van der Waals surface area contributed by atoms with Crippen LogP contribution in [-0.2, 0) is 9.53 Å². The molecule has 0 radical (unpaired) electrons. The molecule has 5 N–H and O–H groups in total. The third-order valence-corrected chi connectivity index (χ3v) is 9.16. The second kappa shape index (κ2) is 15.8. The van der Waals surface area contributed by atoms with Gasteiger partial charge in [0.25, 0.3) is 11.8 Å². The van der Waals surface area contributed by atoms with E-state index in [4.69, 9.17) is 4.74 Å². The largest absolute Gasteiger partial charge is 0.387 e. The maximum Gasteiger partial charge on any atom is 0.289 e. The summed E-state index contributed by atoms with van der Waals surface area (Å²) in [6.07, 6.45) is -3.22. The summed E-state index contributed by atoms with van der Waals surface area (Å²) in [5.41, 5.74) is 2.76. The number of hydrogen-bond donors (Lipinski definition) is 5. The molecule has 4 aromatic rings. The second-order valence-electron chi connectivity index (χ2n) is 12.6. The van der Waals surface area contributed by atoms with Crippen LogP contribution in [-0.4, -0.2) is 129 Å². The number of likely N-dealkylation sites (N-methyl/N-ethyl adjacent to an activating group) is 2. The Balaban J connectivity index is 1.27. The molecular formula is C35H45N9O5. The summed E-state index contributed by atoms with van der Waals surface area (Å²) in [6, 6.07) is 20.2. The topological polar surface area (TPSA) is 170 Å². The highest BCUT2D eigenvalue weighted by atomic mass is 16.6. The second-order valence-corrected chi connectivity index (χ2v) is 12.6. The molecule has 4 atom stereocenters. The molecule has 0 bridgehead atoms. The summed E-state index contributed by atoms with van der Waals surface area (Å²) in [6.45, 7) is 7.90. The fraction of sp³-hybridized carbons (Fsp3) is 0.457. The van der Waals surface area contributed by atoms with Gasteiger partial charge in [0.1, 0.15) is 12.2 Å². The maximum atomic E-state index is 13.5. The van der Waals surface area contributed by atoms with Gasteiger partial charge in [-0.25, -0.2) is 15.0 Å². The Morgan fingerprint density at radius 2 is 1.61 bits per heavy atom. The van der Waals surface area contributed by atoms with Crippen LogP contribution in [0.3, 0.4) is 0 Å². The van der Waals surface area contributed by atoms with Gasteiger partial charge in [-0.05, 0) is 38.1 Å². The van der Waals surface area contributed by atoms with Crippen LogP contribution in [0.5, 0.6) is 0 Å². The normalized spacial score (nSPS) is 21.7. The van der Waals surface area contributed by atoms with Crippen LogP contribution in [0.1, 0.15) is 47.2 Å². The monoisotopic (exact) mass is 671 g/mol. The van der Waals surface area contributed by atoms with E-state index in [0.29, 0.717) is 31.0 Å². The Kier molecular flexibility index (Phi) is 11.1. The van der Waals surface area contributed by atoms with Crippen LogP contribution >= 0.6 is 0 Å². The highest BCUT2D eigenvalue weighted by molar-refractivity contribution is 5.94. The number of fused-ring (bicyclic) bond motifs is 1. The number of ether oxygens (including phenoxy) is 1. The lowest BCUT2D eigenvalue weighted by atomic mass is 9.91. The standard InChI is InChI=1S/C35H45N9O5/c1-3-36-33(47)29-27(45)28(46)35(49-29)44-22-39-26-30(38-21-25(23-11-6-4-7-12-23)24-13-8-5-9-14-24)40-31(41-32(26)44)34(48)37-15-10-16-43-19-17-42(2)18-20-43/h4-9,11-14,22,25,27-29,35,45-46H,3,10,15-21H2,1-2H3,(H,36,47)(H,37,48)(H,38,40,41)/t27-,28+,29?,35?/m0/s1. The van der Waals surface area contributed by atoms with E-state index in [1.54, 1.807) is 6.92 Å². The van der Waals surface area contributed by atoms with Crippen molar-refractivity contribution in [2.24, 2.45) is 0 Å². The number of anilines is 1. The first kappa shape index (κ1) is 34.4. The molecule has 14 heteroatoms. The molecule has 0 saturated carbocycles. The van der Waals surface area contributed by atoms with E-state index >= 15 is 0 Å². The number of amides is 2. The molecule has 14 nitrogen and oxygen atoms in total. The lowest BCUT2D eigenvalue weighted by Crippen LogP contribution is -2.45. The van der Waals surface area contributed by atoms with E-state index in [-0.39, 0.29) is 17.4 Å². The summed E-state index contributed by atoms with van der Waals surface area (Å²) in [5, 5.41) is 30.7. The van der Waals surface area contributed by atoms with E-state index in [0.717, 1.165) is 50.3 Å². The van der Waals surface area contributed by atoms with Gasteiger partial charge in [-0.1, -0.05) is 60.7 Å². The number of aromatic nitrogens is 4. The summed E-state index contributed by atoms with van der Waals surface area (Å²) in [5.74, 6) is -0.791. The summed E-state index contributed by atoms with van der Waals surface area (Å²) in [7, 11) is 2.12. The van der Waals surface area contributed by atoms with Gasteiger partial charge >= 0.3 is 0 Å². The summed E-state index contributed by atoms with van der Waals surface area (Å²) in [4.78, 5) is 44.5. The van der Waals surface area contributed by atoms with Gasteiger partial charge in [0, 0.05) is 51.7 Å². The smallest absolute Gasteiger partial charge is 0.289 e. The third-order valence-electron chi connectivity index (χ3n) is 9.16. The van der Waals surface area contributed by atoms with Gasteiger partial charge in [-0.3, -0.25) is 14.2 Å². The molecule has 2 aliphatic heterocycles. The van der Waals surface area contributed by atoms with Crippen molar-refractivity contribution in [3.8, 4) is 0 Å². The Hall–Kier alpha value is -4.47. The van der Waals surface area contributed by atoms with Crippen LogP contribution in [0.15, 0.2) is 67.0 Å². The molecule has 0 spiro atoms. The summed E-state index contributed by atoms with van der Waals surface area (Å²) < 4.78 is 7.31. The van der Waals surface area contributed by atoms with Crippen molar-refractivity contribution in [3.05, 3.63) is 83.9 Å². The predicted molar refractivity (Wildman–Crippen MR) is 184 cm³/mol. The number of aliphatic hydroxyl groups is 2. The molecule has 2 fully saturated rings. The predicted octanol–water partition coefficient (Wildman–Crippen LogP) is 1.19. The number of rotatable bonds is 13. The van der Waals surface area contributed by atoms with Gasteiger partial charge in [-0.15, -0.1) is 0 Å². The molecule has 2 saturated heterocycles. The van der Waals surface area contributed by atoms with E-state index in [1.807, 2.05) is 36.4 Å². The maximum absolute atomic E-state index is 13.5. The fourth-order valence-electron chi connectivity index (χ4n) is 6.36. The fourth-order valence-corrected chi connectivity index (χ4v) is 6.36. The molecule has 260 valence electrons. The van der Waals surface area contributed by atoms with Crippen LogP contribution in [0.25, 0.3) is 11.2 Å². The molecule has 4 heterocycles. The summed E-state index contributed by atoms with van der Waals surface area (Å²) >= 11 is 0. The molecule has 6 rings (SSSR count). The first-order valence-electron chi connectivity index (χ1n) is 16.9. The average molecular weight is 672 g/mol. The molecule has 49 heavy (non-hydrogen) atoms. The molecule has 2 aromatic carbocycles. The van der Waals surface area contributed by atoms with Crippen molar-refractivity contribution < 1.29 is 24.5 Å². The lowest BCUT2D eigenvalue weighted by molar-refractivity contribution is -0.137. The molecule has 2 aromatic heterocycles. The SMILES string of the molecule is CCNC(=O)C1OC(n2cnc3c(NCC(c4ccccc4)c4ccccc4)nc(C(=O)NCCCN4CCN(C)CC4)nc32)[C@H](O)[C@@H]1O. The number of aliphatic hydroxyl groups excluding tert-OH is 2. The minimum Gasteiger partial charge on any atom is -0.387 e. The first-order valence-corrected chi connectivity index (χ1v) is 16.9. The van der Waals surface area contributed by atoms with Crippen molar-refractivity contribution in [3.63, 3.8) is 0 Å². The number of carbonyl (C=O) groups excluding carboxylic acids is 2. The van der Waals surface area contributed by atoms with Crippen LogP contribution < -0.4 is 16.0 Å². The van der Waals surface area contributed by atoms with Gasteiger partial charge in [0.15, 0.2) is 29.3 Å². The quantitative estimate of drug-likeness (QED) is 0.130. The van der Waals surface area contributed by atoms with Crippen molar-refractivity contribution in [1.29, 1.82) is 0 Å². The molecule has 2 amide bonds. The number of benzene rings is 2. The zero-order valence-electron chi connectivity index (χ0n) is 27.9. The van der Waals surface area contributed by atoms with E-state index < -0.39 is 36.4 Å². The van der Waals surface area contributed by atoms with Crippen molar-refractivity contribution >= 4 is 28.8 Å². The van der Waals surface area contributed by atoms with Crippen molar-refractivity contribution in [1.82, 2.24) is 40.0 Å². The zero-order valence-corrected chi connectivity index (χ0v) is 27.9. The first-order chi connectivity index (χ1) is 23.8. The zero-order chi connectivity index (χ0) is 34.3. The Bertz CT molecular complexity index is 1660. The molecule has 2 unspecified atom stereocenters. The Morgan fingerprint density at radius 3 is 2.27 bits per heavy atom. The highest BCUT2D eigenvalue weighted by Crippen LogP contribution is 2.33. The van der Waals surface area contributed by atoms with Crippen molar-refractivity contribution in [2.75, 3.05) is 64.7 Å². The minimum atomic E-state index is -1.48. The minimum absolute atomic E-state index is 0.0469. The van der Waals surface area contributed by atoms with Gasteiger partial charge in [0.2, 0.25) is 5.82 Å². The van der Waals surface area contributed by atoms with Crippen molar-refractivity contribution in [2.45, 2.75) is 43.8 Å². The number of piperazine rings is 1. The number of nitrogens with zero attached hydrogens (tertiary/aromatic N) is 6. The number of hydrogen-bond acceptors (Lipinski definition) is 11. The Labute approximate surface area is 285 Å². The number of nitrogens with one attached hydrogen (secondary N) is 3. The third kappa shape index (κ3) is 7.89. The van der Waals surface area contributed by atoms with E-state index in [2.05, 4.69) is 72.0 Å². The van der Waals surface area contributed by atoms with Gasteiger partial charge in [-0.2, -0.15) is 0 Å².